The predicted octanol–water partition coefficient (Wildman–Crippen LogP) is 4.93. The summed E-state index contributed by atoms with van der Waals surface area (Å²) in [5.74, 6) is -2.83. The third-order valence-corrected chi connectivity index (χ3v) is 10.7. The number of aliphatic carboxylic acids is 1. The number of rotatable bonds is 9. The van der Waals surface area contributed by atoms with Gasteiger partial charge in [0.15, 0.2) is 0 Å². The lowest BCUT2D eigenvalue weighted by Gasteiger charge is -2.46. The number of thioether (sulfide) groups is 1. The van der Waals surface area contributed by atoms with E-state index in [1.54, 1.807) is 36.4 Å². The minimum Gasteiger partial charge on any atom is -0.477 e. The number of carboxylic acids is 1. The number of carbonyl (C=O) groups excluding carboxylic acids is 3. The number of aliphatic hydroxyl groups excluding tert-OH is 1. The average Bonchev–Trinajstić information content (AvgIpc) is 3.43. The highest BCUT2D eigenvalue weighted by atomic mass is 35.5. The molecule has 222 valence electrons. The molecule has 0 aliphatic carbocycles. The van der Waals surface area contributed by atoms with Crippen LogP contribution in [0.15, 0.2) is 47.0 Å². The monoisotopic (exact) mass is 651 g/mol. The number of nitrogens with zero attached hydrogens (tertiary/aromatic N) is 2. The van der Waals surface area contributed by atoms with Gasteiger partial charge in [0.05, 0.1) is 39.2 Å². The van der Waals surface area contributed by atoms with Gasteiger partial charge in [-0.1, -0.05) is 53.9 Å². The first kappa shape index (κ1) is 30.8. The quantitative estimate of drug-likeness (QED) is 0.198. The molecule has 3 N–H and O–H groups in total. The van der Waals surface area contributed by atoms with Crippen LogP contribution in [0.5, 0.6) is 0 Å². The molecule has 6 atom stereocenters. The Morgan fingerprint density at radius 2 is 1.88 bits per heavy atom. The van der Waals surface area contributed by atoms with Crippen LogP contribution in [0.2, 0.25) is 15.1 Å². The van der Waals surface area contributed by atoms with Gasteiger partial charge >= 0.3 is 5.97 Å². The molecule has 2 saturated heterocycles. The van der Waals surface area contributed by atoms with Gasteiger partial charge in [-0.25, -0.2) is 4.79 Å². The minimum absolute atomic E-state index is 0.0548. The van der Waals surface area contributed by atoms with Crippen LogP contribution in [0.25, 0.3) is 0 Å². The number of hydrogen-bond acceptors (Lipinski definition) is 7. The molecule has 2 aromatic carbocycles. The van der Waals surface area contributed by atoms with E-state index in [2.05, 4.69) is 5.32 Å². The maximum absolute atomic E-state index is 13.6. The van der Waals surface area contributed by atoms with E-state index in [1.807, 2.05) is 11.8 Å². The van der Waals surface area contributed by atoms with Crippen LogP contribution in [0.1, 0.15) is 36.2 Å². The Bertz CT molecular complexity index is 1480. The van der Waals surface area contributed by atoms with E-state index < -0.39 is 36.0 Å². The van der Waals surface area contributed by atoms with E-state index in [1.165, 1.54) is 23.6 Å². The summed E-state index contributed by atoms with van der Waals surface area (Å²) in [4.78, 5) is 53.7. The molecule has 2 aromatic rings. The first-order valence-corrected chi connectivity index (χ1v) is 15.3. The molecule has 0 radical (unpaired) electrons. The zero-order chi connectivity index (χ0) is 30.5. The van der Waals surface area contributed by atoms with Crippen molar-refractivity contribution in [2.24, 2.45) is 11.8 Å². The van der Waals surface area contributed by atoms with Gasteiger partial charge in [0.1, 0.15) is 12.0 Å². The van der Waals surface area contributed by atoms with Crippen LogP contribution in [-0.4, -0.2) is 74.1 Å². The van der Waals surface area contributed by atoms with Gasteiger partial charge in [-0.05, 0) is 43.2 Å². The number of benzene rings is 2. The second-order valence-corrected chi connectivity index (χ2v) is 13.3. The molecular weight excluding hydrogens is 625 g/mol. The molecule has 0 bridgehead atoms. The summed E-state index contributed by atoms with van der Waals surface area (Å²) in [7, 11) is 0. The molecule has 2 amide bonds. The highest BCUT2D eigenvalue weighted by Crippen LogP contribution is 2.52. The summed E-state index contributed by atoms with van der Waals surface area (Å²) in [6.07, 6.45) is 0.192. The standard InChI is InChI=1S/C29H28Cl3N3O6S/c1-13-24-22(14(2)37)28(39)35(24)25(29(40)41)26(13)42-18-9-21(27(38)33-17-5-3-4-15(6-17)12-36)34(11-18)10-16-7-19(30)23(32)20(31)8-16/h3-8,12-14,18,21-22,24,37H,9-11H2,1-2H3,(H,33,38)(H,40,41)/t13-,14-,18+,21+,22-,24-/m1/s1. The normalized spacial score (nSPS) is 26.2. The van der Waals surface area contributed by atoms with Gasteiger partial charge in [0.2, 0.25) is 11.8 Å². The molecule has 5 rings (SSSR count). The lowest BCUT2D eigenvalue weighted by Crippen LogP contribution is -2.63. The van der Waals surface area contributed by atoms with Crippen molar-refractivity contribution in [2.75, 3.05) is 11.9 Å². The number of amides is 2. The van der Waals surface area contributed by atoms with Gasteiger partial charge in [0, 0.05) is 40.4 Å². The number of aldehydes is 1. The molecular formula is C29H28Cl3N3O6S. The molecule has 2 fully saturated rings. The second kappa shape index (κ2) is 12.2. The molecule has 13 heteroatoms. The van der Waals surface area contributed by atoms with E-state index in [9.17, 15) is 29.4 Å². The van der Waals surface area contributed by atoms with Crippen LogP contribution >= 0.6 is 46.6 Å². The first-order valence-electron chi connectivity index (χ1n) is 13.3. The number of β-lactam (4-membered cyclic amide) rings is 1. The van der Waals surface area contributed by atoms with Crippen LogP contribution in [0, 0.1) is 11.8 Å². The van der Waals surface area contributed by atoms with Crippen molar-refractivity contribution < 1.29 is 29.4 Å². The molecule has 0 spiro atoms. The lowest BCUT2D eigenvalue weighted by atomic mass is 9.79. The minimum atomic E-state index is -1.20. The smallest absolute Gasteiger partial charge is 0.353 e. The number of fused-ring (bicyclic) bond motifs is 1. The molecule has 0 aromatic heterocycles. The average molecular weight is 653 g/mol. The van der Waals surface area contributed by atoms with E-state index >= 15 is 0 Å². The molecule has 9 nitrogen and oxygen atoms in total. The van der Waals surface area contributed by atoms with Crippen molar-refractivity contribution in [3.05, 3.63) is 73.2 Å². The third kappa shape index (κ3) is 5.68. The molecule has 3 aliphatic heterocycles. The van der Waals surface area contributed by atoms with E-state index in [-0.39, 0.29) is 37.8 Å². The summed E-state index contributed by atoms with van der Waals surface area (Å²) < 4.78 is 0. The Balaban J connectivity index is 1.42. The highest BCUT2D eigenvalue weighted by molar-refractivity contribution is 8.03. The Labute approximate surface area is 261 Å². The predicted molar refractivity (Wildman–Crippen MR) is 162 cm³/mol. The van der Waals surface area contributed by atoms with Crippen LogP contribution in [-0.2, 0) is 20.9 Å². The molecule has 3 aliphatic rings. The molecule has 0 saturated carbocycles. The van der Waals surface area contributed by atoms with Crippen LogP contribution in [0.3, 0.4) is 0 Å². The fourth-order valence-corrected chi connectivity index (χ4v) is 8.30. The second-order valence-electron chi connectivity index (χ2n) is 10.8. The van der Waals surface area contributed by atoms with Crippen LogP contribution in [0.4, 0.5) is 5.69 Å². The van der Waals surface area contributed by atoms with Gasteiger partial charge < -0.3 is 20.4 Å². The summed E-state index contributed by atoms with van der Waals surface area (Å²) in [5, 5.41) is 23.7. The topological polar surface area (TPSA) is 127 Å². The Morgan fingerprint density at radius 3 is 2.50 bits per heavy atom. The van der Waals surface area contributed by atoms with Crippen molar-refractivity contribution in [2.45, 2.75) is 50.3 Å². The Morgan fingerprint density at radius 1 is 1.19 bits per heavy atom. The maximum atomic E-state index is 13.6. The number of carbonyl (C=O) groups is 4. The zero-order valence-corrected chi connectivity index (χ0v) is 25.7. The van der Waals surface area contributed by atoms with Crippen LogP contribution < -0.4 is 5.32 Å². The van der Waals surface area contributed by atoms with Gasteiger partial charge in [-0.3, -0.25) is 19.3 Å². The SMILES string of the molecule is C[C@@H](O)[C@H]1C(=O)N2C(C(=O)O)=C(S[C@H]3C[C@@H](C(=O)Nc4cccc(C=O)c4)N(Cc4cc(Cl)c(Cl)c(Cl)c4)C3)[C@H](C)[C@H]12. The highest BCUT2D eigenvalue weighted by Gasteiger charge is 2.60. The Hall–Kier alpha value is -2.60. The zero-order valence-electron chi connectivity index (χ0n) is 22.6. The van der Waals surface area contributed by atoms with Crippen molar-refractivity contribution in [1.29, 1.82) is 0 Å². The number of nitrogens with one attached hydrogen (secondary N) is 1. The van der Waals surface area contributed by atoms with E-state index in [0.717, 1.165) is 5.56 Å². The number of halogens is 3. The van der Waals surface area contributed by atoms with Crippen molar-refractivity contribution in [1.82, 2.24) is 9.80 Å². The number of anilines is 1. The number of aliphatic hydroxyl groups is 1. The molecule has 42 heavy (non-hydrogen) atoms. The third-order valence-electron chi connectivity index (χ3n) is 7.99. The summed E-state index contributed by atoms with van der Waals surface area (Å²) in [6, 6.07) is 8.94. The van der Waals surface area contributed by atoms with Gasteiger partial charge in [-0.2, -0.15) is 0 Å². The van der Waals surface area contributed by atoms with Crippen molar-refractivity contribution >= 4 is 76.3 Å². The fraction of sp³-hybridized carbons (Fsp3) is 0.379. The fourth-order valence-electron chi connectivity index (χ4n) is 6.10. The number of carboxylic acid groups (broad SMARTS) is 1. The molecule has 3 heterocycles. The van der Waals surface area contributed by atoms with Crippen molar-refractivity contribution in [3.8, 4) is 0 Å². The summed E-state index contributed by atoms with van der Waals surface area (Å²) >= 11 is 20.0. The largest absolute Gasteiger partial charge is 0.477 e. The first-order chi connectivity index (χ1) is 19.9. The van der Waals surface area contributed by atoms with Crippen molar-refractivity contribution in [3.63, 3.8) is 0 Å². The Kier molecular flexibility index (Phi) is 8.95. The summed E-state index contributed by atoms with van der Waals surface area (Å²) in [6.45, 7) is 4.15. The van der Waals surface area contributed by atoms with Gasteiger partial charge in [-0.15, -0.1) is 11.8 Å². The number of hydrogen-bond donors (Lipinski definition) is 3. The summed E-state index contributed by atoms with van der Waals surface area (Å²) in [5.41, 5.74) is 1.59. The van der Waals surface area contributed by atoms with Gasteiger partial charge in [0.25, 0.3) is 0 Å². The van der Waals surface area contributed by atoms with E-state index in [0.29, 0.717) is 42.0 Å². The lowest BCUT2D eigenvalue weighted by molar-refractivity contribution is -0.163. The van der Waals surface area contributed by atoms with E-state index in [4.69, 9.17) is 34.8 Å². The number of likely N-dealkylation sites (tertiary alicyclic amines) is 1. The maximum Gasteiger partial charge on any atom is 0.353 e. The molecule has 0 unspecified atom stereocenters.